The van der Waals surface area contributed by atoms with E-state index in [1.807, 2.05) is 6.07 Å². The van der Waals surface area contributed by atoms with E-state index in [1.165, 1.54) is 6.07 Å². The van der Waals surface area contributed by atoms with E-state index in [0.717, 1.165) is 11.1 Å². The van der Waals surface area contributed by atoms with E-state index in [2.05, 4.69) is 11.1 Å². The lowest BCUT2D eigenvalue weighted by atomic mass is 9.99. The number of ether oxygens (including phenoxy) is 3. The van der Waals surface area contributed by atoms with E-state index < -0.39 is 11.8 Å². The van der Waals surface area contributed by atoms with Crippen LogP contribution in [0.4, 0.5) is 4.39 Å². The van der Waals surface area contributed by atoms with Gasteiger partial charge < -0.3 is 14.2 Å². The van der Waals surface area contributed by atoms with Gasteiger partial charge in [-0.05, 0) is 59.5 Å². The second-order valence-corrected chi connectivity index (χ2v) is 7.32. The molecular formula is C25H21FN2O4. The summed E-state index contributed by atoms with van der Waals surface area (Å²) in [6, 6.07) is 15.6. The molecule has 162 valence electrons. The third-order valence-corrected chi connectivity index (χ3v) is 5.15. The first-order chi connectivity index (χ1) is 15.6. The van der Waals surface area contributed by atoms with Crippen LogP contribution in [-0.2, 0) is 40.5 Å². The molecule has 0 amide bonds. The number of nitriles is 1. The van der Waals surface area contributed by atoms with E-state index in [1.54, 1.807) is 43.3 Å². The molecule has 4 rings (SSSR count). The van der Waals surface area contributed by atoms with Gasteiger partial charge in [0.25, 0.3) is 0 Å². The SMILES string of the molecule is CCOC(=O)Cc1cc(F)c2cc1COCc1cc(C#N)ccc1COc1cccc-2n1. The van der Waals surface area contributed by atoms with Crippen LogP contribution in [0.5, 0.6) is 5.88 Å². The Morgan fingerprint density at radius 1 is 1.12 bits per heavy atom. The second-order valence-electron chi connectivity index (χ2n) is 7.32. The van der Waals surface area contributed by atoms with Crippen molar-refractivity contribution in [3.05, 3.63) is 82.2 Å². The first-order valence-corrected chi connectivity index (χ1v) is 10.2. The van der Waals surface area contributed by atoms with Crippen LogP contribution in [0.1, 0.15) is 34.7 Å². The molecule has 0 fully saturated rings. The topological polar surface area (TPSA) is 81.4 Å². The van der Waals surface area contributed by atoms with Crippen molar-refractivity contribution in [3.63, 3.8) is 0 Å². The number of rotatable bonds is 3. The van der Waals surface area contributed by atoms with Gasteiger partial charge in [0.1, 0.15) is 12.4 Å². The van der Waals surface area contributed by atoms with Gasteiger partial charge in [0, 0.05) is 11.6 Å². The Balaban J connectivity index is 1.77. The quantitative estimate of drug-likeness (QED) is 0.568. The van der Waals surface area contributed by atoms with Crippen LogP contribution < -0.4 is 4.74 Å². The molecule has 1 aliphatic rings. The Kier molecular flexibility index (Phi) is 6.43. The molecule has 0 saturated carbocycles. The molecule has 0 unspecified atom stereocenters. The lowest BCUT2D eigenvalue weighted by molar-refractivity contribution is -0.142. The van der Waals surface area contributed by atoms with Crippen molar-refractivity contribution in [3.8, 4) is 23.2 Å². The largest absolute Gasteiger partial charge is 0.473 e. The third kappa shape index (κ3) is 4.76. The van der Waals surface area contributed by atoms with Gasteiger partial charge in [-0.15, -0.1) is 0 Å². The molecule has 32 heavy (non-hydrogen) atoms. The minimum atomic E-state index is -0.491. The molecule has 0 N–H and O–H groups in total. The standard InChI is InChI=1S/C25H21FN2O4/c1-2-31-25(29)11-18-10-22(26)21-9-20(18)14-30-13-19-8-16(12-27)6-7-17(19)15-32-24-5-3-4-23(21)28-24/h3-10H,2,11,13-15H2,1H3. The van der Waals surface area contributed by atoms with Crippen molar-refractivity contribution in [2.75, 3.05) is 6.61 Å². The summed E-state index contributed by atoms with van der Waals surface area (Å²) in [7, 11) is 0. The smallest absolute Gasteiger partial charge is 0.310 e. The number of carbonyl (C=O) groups is 1. The zero-order valence-corrected chi connectivity index (χ0v) is 17.6. The van der Waals surface area contributed by atoms with E-state index in [-0.39, 0.29) is 32.8 Å². The number of nitrogens with zero attached hydrogens (tertiary/aromatic N) is 2. The van der Waals surface area contributed by atoms with Gasteiger partial charge in [-0.2, -0.15) is 5.26 Å². The van der Waals surface area contributed by atoms with Crippen LogP contribution in [0.25, 0.3) is 11.3 Å². The molecule has 3 aromatic rings. The summed E-state index contributed by atoms with van der Waals surface area (Å²) in [5.74, 6) is -0.569. The average molecular weight is 432 g/mol. The lowest BCUT2D eigenvalue weighted by Crippen LogP contribution is -2.11. The molecule has 1 aliphatic heterocycles. The Hall–Kier alpha value is -3.76. The fourth-order valence-corrected chi connectivity index (χ4v) is 3.56. The van der Waals surface area contributed by atoms with Gasteiger partial charge in [-0.1, -0.05) is 12.1 Å². The normalized spacial score (nSPS) is 12.8. The van der Waals surface area contributed by atoms with Crippen molar-refractivity contribution in [1.29, 1.82) is 5.26 Å². The van der Waals surface area contributed by atoms with Crippen molar-refractivity contribution in [2.45, 2.75) is 33.2 Å². The van der Waals surface area contributed by atoms with Gasteiger partial charge in [0.2, 0.25) is 5.88 Å². The number of aromatic nitrogens is 1. The Bertz CT molecular complexity index is 1200. The Morgan fingerprint density at radius 2 is 1.97 bits per heavy atom. The van der Waals surface area contributed by atoms with Crippen molar-refractivity contribution in [1.82, 2.24) is 4.98 Å². The van der Waals surface area contributed by atoms with Crippen LogP contribution in [0.15, 0.2) is 48.5 Å². The van der Waals surface area contributed by atoms with Crippen LogP contribution in [0.2, 0.25) is 0 Å². The highest BCUT2D eigenvalue weighted by atomic mass is 19.1. The second kappa shape index (κ2) is 9.58. The average Bonchev–Trinajstić information content (AvgIpc) is 2.80. The number of esters is 1. The summed E-state index contributed by atoms with van der Waals surface area (Å²) in [6.07, 6.45) is -0.0600. The summed E-state index contributed by atoms with van der Waals surface area (Å²) in [4.78, 5) is 16.5. The highest BCUT2D eigenvalue weighted by Crippen LogP contribution is 2.28. The maximum atomic E-state index is 15.0. The lowest BCUT2D eigenvalue weighted by Gasteiger charge is -2.14. The number of halogens is 1. The molecular weight excluding hydrogens is 411 g/mol. The van der Waals surface area contributed by atoms with Crippen LogP contribution in [0.3, 0.4) is 0 Å². The number of pyridine rings is 1. The van der Waals surface area contributed by atoms with Crippen LogP contribution in [0, 0.1) is 17.1 Å². The van der Waals surface area contributed by atoms with Gasteiger partial charge in [0.15, 0.2) is 0 Å². The molecule has 7 heteroatoms. The minimum Gasteiger partial charge on any atom is -0.473 e. The van der Waals surface area contributed by atoms with Gasteiger partial charge >= 0.3 is 5.97 Å². The fraction of sp³-hybridized carbons (Fsp3) is 0.240. The van der Waals surface area contributed by atoms with Gasteiger partial charge in [0.05, 0.1) is 43.6 Å². The molecule has 0 saturated heterocycles. The van der Waals surface area contributed by atoms with Crippen molar-refractivity contribution >= 4 is 5.97 Å². The predicted octanol–water partition coefficient (Wildman–Crippen LogP) is 4.47. The molecule has 0 aliphatic carbocycles. The van der Waals surface area contributed by atoms with Crippen LogP contribution >= 0.6 is 0 Å². The molecule has 0 spiro atoms. The summed E-state index contributed by atoms with van der Waals surface area (Å²) in [6.45, 7) is 2.58. The minimum absolute atomic E-state index is 0.0600. The summed E-state index contributed by atoms with van der Waals surface area (Å²) in [5, 5.41) is 9.25. The van der Waals surface area contributed by atoms with Crippen molar-refractivity contribution in [2.24, 2.45) is 0 Å². The molecule has 1 aromatic heterocycles. The first-order valence-electron chi connectivity index (χ1n) is 10.2. The molecule has 2 aromatic carbocycles. The third-order valence-electron chi connectivity index (χ3n) is 5.15. The Labute approximate surface area is 185 Å². The van der Waals surface area contributed by atoms with E-state index in [0.29, 0.717) is 33.8 Å². The van der Waals surface area contributed by atoms with Gasteiger partial charge in [-0.3, -0.25) is 4.79 Å². The van der Waals surface area contributed by atoms with Crippen LogP contribution in [-0.4, -0.2) is 17.6 Å². The Morgan fingerprint density at radius 3 is 2.78 bits per heavy atom. The molecule has 0 radical (unpaired) electrons. The zero-order chi connectivity index (χ0) is 22.5. The summed E-state index contributed by atoms with van der Waals surface area (Å²) >= 11 is 0. The number of fused-ring (bicyclic) bond motifs is 6. The molecule has 2 heterocycles. The van der Waals surface area contributed by atoms with E-state index in [9.17, 15) is 14.4 Å². The predicted molar refractivity (Wildman–Crippen MR) is 114 cm³/mol. The summed E-state index contributed by atoms with van der Waals surface area (Å²) in [5.41, 5.74) is 4.07. The highest BCUT2D eigenvalue weighted by molar-refractivity contribution is 5.74. The maximum absolute atomic E-state index is 15.0. The monoisotopic (exact) mass is 432 g/mol. The number of carbonyl (C=O) groups excluding carboxylic acids is 1. The maximum Gasteiger partial charge on any atom is 0.310 e. The first kappa shape index (κ1) is 21.5. The highest BCUT2D eigenvalue weighted by Gasteiger charge is 2.17. The molecule has 4 bridgehead atoms. The summed E-state index contributed by atoms with van der Waals surface area (Å²) < 4.78 is 31.8. The van der Waals surface area contributed by atoms with E-state index in [4.69, 9.17) is 14.2 Å². The number of hydrogen-bond acceptors (Lipinski definition) is 6. The van der Waals surface area contributed by atoms with E-state index >= 15 is 0 Å². The van der Waals surface area contributed by atoms with Gasteiger partial charge in [-0.25, -0.2) is 9.37 Å². The molecule has 6 nitrogen and oxygen atoms in total. The number of hydrogen-bond donors (Lipinski definition) is 0. The molecule has 0 atom stereocenters. The zero-order valence-electron chi connectivity index (χ0n) is 17.6. The van der Waals surface area contributed by atoms with Crippen molar-refractivity contribution < 1.29 is 23.4 Å². The fourth-order valence-electron chi connectivity index (χ4n) is 3.56. The number of benzene rings is 2.